The van der Waals surface area contributed by atoms with E-state index in [-0.39, 0.29) is 12.6 Å². The molecule has 1 rings (SSSR count). The van der Waals surface area contributed by atoms with Crippen molar-refractivity contribution in [1.82, 2.24) is 0 Å². The highest BCUT2D eigenvalue weighted by Gasteiger charge is 2.05. The molecule has 0 atom stereocenters. The molecule has 1 aromatic carbocycles. The highest BCUT2D eigenvalue weighted by Crippen LogP contribution is 2.18. The van der Waals surface area contributed by atoms with E-state index in [2.05, 4.69) is 0 Å². The second kappa shape index (κ2) is 6.91. The first-order chi connectivity index (χ1) is 8.17. The molecule has 0 saturated carbocycles. The molecule has 0 unspecified atom stereocenters. The summed E-state index contributed by atoms with van der Waals surface area (Å²) in [4.78, 5) is 11.1. The van der Waals surface area contributed by atoms with Gasteiger partial charge in [-0.15, -0.1) is 0 Å². The van der Waals surface area contributed by atoms with Gasteiger partial charge in [0.05, 0.1) is 13.2 Å². The van der Waals surface area contributed by atoms with Gasteiger partial charge in [-0.05, 0) is 37.1 Å². The molecule has 94 valence electrons. The van der Waals surface area contributed by atoms with Crippen molar-refractivity contribution in [2.45, 2.75) is 20.5 Å². The van der Waals surface area contributed by atoms with Gasteiger partial charge >= 0.3 is 5.97 Å². The Kier molecular flexibility index (Phi) is 5.49. The Bertz CT molecular complexity index is 374. The largest absolute Gasteiger partial charge is 0.482 e. The minimum Gasteiger partial charge on any atom is -0.482 e. The maximum Gasteiger partial charge on any atom is 0.344 e. The Labute approximate surface area is 101 Å². The summed E-state index contributed by atoms with van der Waals surface area (Å²) in [6.45, 7) is 4.60. The molecule has 0 saturated heterocycles. The van der Waals surface area contributed by atoms with Crippen LogP contribution in [0.5, 0.6) is 5.75 Å². The SMILES string of the molecule is CCOC(=O)COc1ccc(C)c(COC)c1. The standard InChI is InChI=1S/C13H18O4/c1-4-16-13(14)9-17-12-6-5-10(2)11(7-12)8-15-3/h5-7H,4,8-9H2,1-3H3. The first-order valence-corrected chi connectivity index (χ1v) is 5.54. The van der Waals surface area contributed by atoms with Gasteiger partial charge in [-0.1, -0.05) is 6.07 Å². The number of esters is 1. The molecule has 0 aliphatic carbocycles. The third kappa shape index (κ3) is 4.44. The van der Waals surface area contributed by atoms with Crippen LogP contribution in [0.15, 0.2) is 18.2 Å². The predicted octanol–water partition coefficient (Wildman–Crippen LogP) is 2.08. The lowest BCUT2D eigenvalue weighted by atomic mass is 10.1. The minimum absolute atomic E-state index is 0.0661. The monoisotopic (exact) mass is 238 g/mol. The van der Waals surface area contributed by atoms with E-state index in [4.69, 9.17) is 14.2 Å². The van der Waals surface area contributed by atoms with Gasteiger partial charge < -0.3 is 14.2 Å². The van der Waals surface area contributed by atoms with Crippen LogP contribution in [0.4, 0.5) is 0 Å². The summed E-state index contributed by atoms with van der Waals surface area (Å²) in [6.07, 6.45) is 0. The fourth-order valence-corrected chi connectivity index (χ4v) is 1.39. The van der Waals surface area contributed by atoms with Crippen LogP contribution in [-0.4, -0.2) is 26.3 Å². The van der Waals surface area contributed by atoms with E-state index in [9.17, 15) is 4.79 Å². The van der Waals surface area contributed by atoms with Crippen LogP contribution in [-0.2, 0) is 20.9 Å². The number of carbonyl (C=O) groups excluding carboxylic acids is 1. The van der Waals surface area contributed by atoms with Crippen LogP contribution in [0.3, 0.4) is 0 Å². The van der Waals surface area contributed by atoms with Crippen molar-refractivity contribution in [2.75, 3.05) is 20.3 Å². The molecule has 0 radical (unpaired) electrons. The normalized spacial score (nSPS) is 10.1. The molecule has 17 heavy (non-hydrogen) atoms. The molecular formula is C13H18O4. The van der Waals surface area contributed by atoms with Crippen molar-refractivity contribution in [2.24, 2.45) is 0 Å². The van der Waals surface area contributed by atoms with Crippen molar-refractivity contribution in [3.63, 3.8) is 0 Å². The fraction of sp³-hybridized carbons (Fsp3) is 0.462. The topological polar surface area (TPSA) is 44.8 Å². The van der Waals surface area contributed by atoms with Crippen molar-refractivity contribution in [3.8, 4) is 5.75 Å². The van der Waals surface area contributed by atoms with E-state index < -0.39 is 0 Å². The molecule has 0 heterocycles. The molecule has 4 nitrogen and oxygen atoms in total. The van der Waals surface area contributed by atoms with E-state index >= 15 is 0 Å². The van der Waals surface area contributed by atoms with Gasteiger partial charge in [0.25, 0.3) is 0 Å². The summed E-state index contributed by atoms with van der Waals surface area (Å²) in [7, 11) is 1.64. The van der Waals surface area contributed by atoms with Gasteiger partial charge in [-0.2, -0.15) is 0 Å². The molecule has 1 aromatic rings. The van der Waals surface area contributed by atoms with Gasteiger partial charge in [0.2, 0.25) is 0 Å². The van der Waals surface area contributed by atoms with Gasteiger partial charge in [0.15, 0.2) is 6.61 Å². The number of hydrogen-bond acceptors (Lipinski definition) is 4. The van der Waals surface area contributed by atoms with Gasteiger partial charge in [-0.3, -0.25) is 0 Å². The average molecular weight is 238 g/mol. The quantitative estimate of drug-likeness (QED) is 0.712. The maximum absolute atomic E-state index is 11.1. The summed E-state index contributed by atoms with van der Waals surface area (Å²) in [6, 6.07) is 5.64. The van der Waals surface area contributed by atoms with Crippen molar-refractivity contribution < 1.29 is 19.0 Å². The summed E-state index contributed by atoms with van der Waals surface area (Å²) >= 11 is 0. The number of aryl methyl sites for hydroxylation is 1. The number of methoxy groups -OCH3 is 1. The fourth-order valence-electron chi connectivity index (χ4n) is 1.39. The van der Waals surface area contributed by atoms with Gasteiger partial charge in [0.1, 0.15) is 5.75 Å². The van der Waals surface area contributed by atoms with Crippen LogP contribution in [0.25, 0.3) is 0 Å². The molecular weight excluding hydrogens is 220 g/mol. The molecule has 0 amide bonds. The summed E-state index contributed by atoms with van der Waals surface area (Å²) in [5.74, 6) is 0.289. The summed E-state index contributed by atoms with van der Waals surface area (Å²) in [5.41, 5.74) is 2.18. The van der Waals surface area contributed by atoms with Crippen molar-refractivity contribution >= 4 is 5.97 Å². The predicted molar refractivity (Wildman–Crippen MR) is 64.0 cm³/mol. The lowest BCUT2D eigenvalue weighted by molar-refractivity contribution is -0.145. The van der Waals surface area contributed by atoms with Crippen LogP contribution in [0, 0.1) is 6.92 Å². The number of rotatable bonds is 6. The summed E-state index contributed by atoms with van der Waals surface area (Å²) in [5, 5.41) is 0. The van der Waals surface area contributed by atoms with Crippen molar-refractivity contribution in [1.29, 1.82) is 0 Å². The van der Waals surface area contributed by atoms with Crippen LogP contribution < -0.4 is 4.74 Å². The van der Waals surface area contributed by atoms with Crippen LogP contribution >= 0.6 is 0 Å². The smallest absolute Gasteiger partial charge is 0.344 e. The highest BCUT2D eigenvalue weighted by molar-refractivity contribution is 5.71. The maximum atomic E-state index is 11.1. The Morgan fingerprint density at radius 3 is 2.76 bits per heavy atom. The first kappa shape index (κ1) is 13.5. The number of carbonyl (C=O) groups is 1. The third-order valence-electron chi connectivity index (χ3n) is 2.28. The average Bonchev–Trinajstić information content (AvgIpc) is 2.31. The van der Waals surface area contributed by atoms with Gasteiger partial charge in [-0.25, -0.2) is 4.79 Å². The Morgan fingerprint density at radius 1 is 1.35 bits per heavy atom. The minimum atomic E-state index is -0.360. The summed E-state index contributed by atoms with van der Waals surface area (Å²) < 4.78 is 15.2. The molecule has 0 spiro atoms. The lowest BCUT2D eigenvalue weighted by Crippen LogP contribution is -2.14. The number of benzene rings is 1. The van der Waals surface area contributed by atoms with Crippen LogP contribution in [0.1, 0.15) is 18.1 Å². The van der Waals surface area contributed by atoms with E-state index in [0.29, 0.717) is 19.0 Å². The van der Waals surface area contributed by atoms with E-state index in [1.54, 1.807) is 14.0 Å². The Hall–Kier alpha value is -1.55. The zero-order valence-electron chi connectivity index (χ0n) is 10.5. The Morgan fingerprint density at radius 2 is 2.12 bits per heavy atom. The van der Waals surface area contributed by atoms with E-state index in [0.717, 1.165) is 11.1 Å². The molecule has 0 aliphatic heterocycles. The van der Waals surface area contributed by atoms with Gasteiger partial charge in [0, 0.05) is 7.11 Å². The molecule has 0 aromatic heterocycles. The zero-order valence-corrected chi connectivity index (χ0v) is 10.5. The number of ether oxygens (including phenoxy) is 3. The molecule has 0 N–H and O–H groups in total. The lowest BCUT2D eigenvalue weighted by Gasteiger charge is -2.09. The van der Waals surface area contributed by atoms with Crippen LogP contribution in [0.2, 0.25) is 0 Å². The number of hydrogen-bond donors (Lipinski definition) is 0. The van der Waals surface area contributed by atoms with Crippen molar-refractivity contribution in [3.05, 3.63) is 29.3 Å². The second-order valence-electron chi connectivity index (χ2n) is 3.61. The van der Waals surface area contributed by atoms with E-state index in [1.807, 2.05) is 25.1 Å². The molecule has 4 heteroatoms. The van der Waals surface area contributed by atoms with E-state index in [1.165, 1.54) is 0 Å². The Balaban J connectivity index is 2.59. The second-order valence-corrected chi connectivity index (χ2v) is 3.61. The molecule has 0 aliphatic rings. The molecule has 0 bridgehead atoms. The third-order valence-corrected chi connectivity index (χ3v) is 2.28. The molecule has 0 fully saturated rings. The first-order valence-electron chi connectivity index (χ1n) is 5.54. The highest BCUT2D eigenvalue weighted by atomic mass is 16.6. The zero-order chi connectivity index (χ0) is 12.7.